The molecule has 4 saturated carbocycles. The molecule has 0 aromatic heterocycles. The molecule has 0 radical (unpaired) electrons. The molecule has 19 atom stereocenters. The molecule has 0 bridgehead atoms. The van der Waals surface area contributed by atoms with E-state index in [2.05, 4.69) is 47.6 Å². The summed E-state index contributed by atoms with van der Waals surface area (Å²) in [5.41, 5.74) is -1.55. The smallest absolute Gasteiger partial charge is 0.187 e. The fourth-order valence-corrected chi connectivity index (χ4v) is 12.8. The minimum Gasteiger partial charge on any atom is -0.394 e. The van der Waals surface area contributed by atoms with Gasteiger partial charge in [-0.1, -0.05) is 39.3 Å². The van der Waals surface area contributed by atoms with E-state index in [1.165, 1.54) is 11.9 Å². The largest absolute Gasteiger partial charge is 0.394 e. The number of fused-ring (bicyclic) bond motifs is 5. The van der Waals surface area contributed by atoms with Gasteiger partial charge in [0.2, 0.25) is 0 Å². The Bertz CT molecular complexity index is 1370. The number of aliphatic hydroxyl groups is 8. The lowest BCUT2D eigenvalue weighted by atomic mass is 9.35. The standard InChI is InChI=1S/C41H68O13/c1-21(2)9-8-13-40(7,50)22-10-14-39(6)29(22)23(44)17-27-38(39,5)15-11-26-37(3,4)28(12-16-41(26,27)20-43)53-36-34(30(46)24(45)19-51-36)54-35-33(49)32(48)31(47)25(18-42)52-35/h9,20,22-36,42,44-50H,8,10-19H2,1-7H3/t22?,23?,24-,25+,26?,27?,28?,29?,30-,31+,32-,33+,34+,35-,36-,38?,39?,40?,41?/m0/s1. The molecule has 6 rings (SSSR count). The molecule has 0 spiro atoms. The summed E-state index contributed by atoms with van der Waals surface area (Å²) in [6.07, 6.45) is -4.94. The first-order valence-corrected chi connectivity index (χ1v) is 20.3. The van der Waals surface area contributed by atoms with E-state index in [4.69, 9.17) is 18.9 Å². The summed E-state index contributed by atoms with van der Waals surface area (Å²) in [5.74, 6) is -0.328. The summed E-state index contributed by atoms with van der Waals surface area (Å²) in [6.45, 7) is 13.9. The average Bonchev–Trinajstić information content (AvgIpc) is 3.50. The lowest BCUT2D eigenvalue weighted by Gasteiger charge is -2.70. The van der Waals surface area contributed by atoms with Crippen LogP contribution >= 0.6 is 0 Å². The topological polar surface area (TPSA) is 216 Å². The SMILES string of the molecule is CC(C)=CCCC(C)(O)C1CCC2(C)C1C(O)CC1C3(C=O)CCC(O[C@@H]4OC[C@H](O)[C@H](O)[C@H]4O[C@@H]4O[C@H](CO)[C@@H](O)[C@H](O)[C@H]4O)C(C)(C)C3CCC12C. The summed E-state index contributed by atoms with van der Waals surface area (Å²) in [5, 5.41) is 86.5. The summed E-state index contributed by atoms with van der Waals surface area (Å²) < 4.78 is 24.0. The van der Waals surface area contributed by atoms with E-state index in [0.29, 0.717) is 25.7 Å². The Morgan fingerprint density at radius 1 is 0.833 bits per heavy atom. The van der Waals surface area contributed by atoms with Crippen LogP contribution in [0.25, 0.3) is 0 Å². The van der Waals surface area contributed by atoms with Crippen LogP contribution in [0.15, 0.2) is 11.6 Å². The molecule has 0 aromatic carbocycles. The number of carbonyl (C=O) groups excluding carboxylic acids is 1. The summed E-state index contributed by atoms with van der Waals surface area (Å²) in [7, 11) is 0. The van der Waals surface area contributed by atoms with Gasteiger partial charge in [-0.3, -0.25) is 0 Å². The maximum absolute atomic E-state index is 13.7. The van der Waals surface area contributed by atoms with Gasteiger partial charge in [-0.15, -0.1) is 0 Å². The van der Waals surface area contributed by atoms with E-state index in [1.807, 2.05) is 6.92 Å². The minimum absolute atomic E-state index is 0.0474. The summed E-state index contributed by atoms with van der Waals surface area (Å²) in [4.78, 5) is 13.7. The molecule has 2 heterocycles. The second kappa shape index (κ2) is 15.3. The van der Waals surface area contributed by atoms with Crippen molar-refractivity contribution < 1.29 is 64.6 Å². The quantitative estimate of drug-likeness (QED) is 0.0908. The van der Waals surface area contributed by atoms with E-state index in [9.17, 15) is 45.6 Å². The number of allylic oxidation sites excluding steroid dienone is 2. The van der Waals surface area contributed by atoms with E-state index < -0.39 is 90.6 Å². The highest BCUT2D eigenvalue weighted by atomic mass is 16.8. The van der Waals surface area contributed by atoms with Crippen LogP contribution in [0, 0.1) is 45.3 Å². The van der Waals surface area contributed by atoms with E-state index >= 15 is 0 Å². The van der Waals surface area contributed by atoms with Gasteiger partial charge in [-0.2, -0.15) is 0 Å². The van der Waals surface area contributed by atoms with Crippen molar-refractivity contribution in [1.29, 1.82) is 0 Å². The fraction of sp³-hybridized carbons (Fsp3) is 0.927. The minimum atomic E-state index is -1.73. The zero-order chi connectivity index (χ0) is 39.8. The van der Waals surface area contributed by atoms with Gasteiger partial charge in [0.15, 0.2) is 12.6 Å². The molecule has 2 aliphatic heterocycles. The normalized spacial score (nSPS) is 51.3. The van der Waals surface area contributed by atoms with Crippen molar-refractivity contribution in [3.8, 4) is 0 Å². The van der Waals surface area contributed by atoms with Gasteiger partial charge >= 0.3 is 0 Å². The van der Waals surface area contributed by atoms with Crippen LogP contribution in [0.3, 0.4) is 0 Å². The number of ether oxygens (including phenoxy) is 4. The monoisotopic (exact) mass is 768 g/mol. The van der Waals surface area contributed by atoms with Gasteiger partial charge < -0.3 is 64.6 Å². The van der Waals surface area contributed by atoms with Gasteiger partial charge in [-0.25, -0.2) is 0 Å². The third-order valence-electron chi connectivity index (χ3n) is 16.0. The maximum atomic E-state index is 13.7. The van der Waals surface area contributed by atoms with Gasteiger partial charge in [0.25, 0.3) is 0 Å². The highest BCUT2D eigenvalue weighted by Gasteiger charge is 2.72. The molecule has 6 aliphatic rings. The van der Waals surface area contributed by atoms with Crippen molar-refractivity contribution >= 4 is 6.29 Å². The Morgan fingerprint density at radius 2 is 1.52 bits per heavy atom. The maximum Gasteiger partial charge on any atom is 0.187 e. The van der Waals surface area contributed by atoms with Crippen molar-refractivity contribution in [2.24, 2.45) is 45.3 Å². The number of rotatable bonds is 10. The number of carbonyl (C=O) groups is 1. The van der Waals surface area contributed by atoms with Gasteiger partial charge in [0.1, 0.15) is 49.0 Å². The highest BCUT2D eigenvalue weighted by molar-refractivity contribution is 5.62. The number of aldehydes is 1. The molecule has 6 fully saturated rings. The molecule has 8 N–H and O–H groups in total. The van der Waals surface area contributed by atoms with E-state index in [0.717, 1.165) is 32.1 Å². The first-order chi connectivity index (χ1) is 25.2. The zero-order valence-electron chi connectivity index (χ0n) is 33.2. The first kappa shape index (κ1) is 42.5. The molecule has 4 aliphatic carbocycles. The second-order valence-corrected chi connectivity index (χ2v) is 19.4. The number of hydrogen-bond acceptors (Lipinski definition) is 13. The van der Waals surface area contributed by atoms with Gasteiger partial charge in [0, 0.05) is 5.41 Å². The van der Waals surface area contributed by atoms with Crippen molar-refractivity contribution in [1.82, 2.24) is 0 Å². The van der Waals surface area contributed by atoms with Gasteiger partial charge in [-0.05, 0) is 118 Å². The van der Waals surface area contributed by atoms with Crippen LogP contribution in [0.1, 0.15) is 106 Å². The first-order valence-electron chi connectivity index (χ1n) is 20.3. The molecule has 13 nitrogen and oxygen atoms in total. The Hall–Kier alpha value is -1.07. The van der Waals surface area contributed by atoms with Crippen LogP contribution in [-0.2, 0) is 23.7 Å². The molecular formula is C41H68O13. The second-order valence-electron chi connectivity index (χ2n) is 19.4. The Kier molecular flexibility index (Phi) is 12.0. The van der Waals surface area contributed by atoms with Crippen molar-refractivity contribution in [3.05, 3.63) is 11.6 Å². The van der Waals surface area contributed by atoms with Crippen LogP contribution in [0.5, 0.6) is 0 Å². The lowest BCUT2D eigenvalue weighted by Crippen LogP contribution is -2.68. The molecule has 0 amide bonds. The summed E-state index contributed by atoms with van der Waals surface area (Å²) in [6, 6.07) is 0. The van der Waals surface area contributed by atoms with E-state index in [-0.39, 0.29) is 41.1 Å². The predicted molar refractivity (Wildman–Crippen MR) is 195 cm³/mol. The Labute approximate surface area is 320 Å². The third kappa shape index (κ3) is 6.77. The zero-order valence-corrected chi connectivity index (χ0v) is 33.2. The molecule has 10 unspecified atom stereocenters. The fourth-order valence-electron chi connectivity index (χ4n) is 12.8. The molecule has 54 heavy (non-hydrogen) atoms. The van der Waals surface area contributed by atoms with Crippen molar-refractivity contribution in [2.45, 2.75) is 179 Å². The predicted octanol–water partition coefficient (Wildman–Crippen LogP) is 1.97. The summed E-state index contributed by atoms with van der Waals surface area (Å²) >= 11 is 0. The highest BCUT2D eigenvalue weighted by Crippen LogP contribution is 2.75. The number of aliphatic hydroxyl groups excluding tert-OH is 7. The molecule has 0 aromatic rings. The Morgan fingerprint density at radius 3 is 2.17 bits per heavy atom. The van der Waals surface area contributed by atoms with Crippen molar-refractivity contribution in [3.63, 3.8) is 0 Å². The van der Waals surface area contributed by atoms with E-state index in [1.54, 1.807) is 0 Å². The van der Waals surface area contributed by atoms with Crippen LogP contribution in [0.2, 0.25) is 0 Å². The molecule has 310 valence electrons. The molecule has 13 heteroatoms. The van der Waals surface area contributed by atoms with Crippen LogP contribution in [-0.4, -0.2) is 133 Å². The van der Waals surface area contributed by atoms with Gasteiger partial charge in [0.05, 0.1) is 31.0 Å². The Balaban J connectivity index is 1.23. The lowest BCUT2D eigenvalue weighted by molar-refractivity contribution is -0.367. The number of hydrogen-bond donors (Lipinski definition) is 8. The van der Waals surface area contributed by atoms with Crippen LogP contribution in [0.4, 0.5) is 0 Å². The average molecular weight is 769 g/mol. The third-order valence-corrected chi connectivity index (χ3v) is 16.0. The van der Waals surface area contributed by atoms with Crippen LogP contribution < -0.4 is 0 Å². The molecular weight excluding hydrogens is 700 g/mol. The molecule has 2 saturated heterocycles. The van der Waals surface area contributed by atoms with Crippen molar-refractivity contribution in [2.75, 3.05) is 13.2 Å².